The van der Waals surface area contributed by atoms with Gasteiger partial charge in [0.1, 0.15) is 0 Å². The molecule has 0 aliphatic heterocycles. The van der Waals surface area contributed by atoms with Crippen LogP contribution < -0.4 is 5.32 Å². The Morgan fingerprint density at radius 1 is 1.24 bits per heavy atom. The normalized spacial score (nSPS) is 11.7. The Hall–Kier alpha value is -2.40. The molecule has 0 saturated carbocycles. The van der Waals surface area contributed by atoms with Gasteiger partial charge in [0, 0.05) is 23.0 Å². The lowest BCUT2D eigenvalue weighted by Crippen LogP contribution is -2.34. The second kappa shape index (κ2) is 6.85. The number of carboxylic acids is 1. The molecule has 1 amide bonds. The summed E-state index contributed by atoms with van der Waals surface area (Å²) in [5, 5.41) is 12.0. The highest BCUT2D eigenvalue weighted by atomic mass is 35.5. The van der Waals surface area contributed by atoms with Crippen molar-refractivity contribution in [3.63, 3.8) is 0 Å². The molecular formula is C15H13ClN2O3. The Balaban J connectivity index is 2.12. The van der Waals surface area contributed by atoms with Gasteiger partial charge in [-0.3, -0.25) is 9.78 Å². The monoisotopic (exact) mass is 304 g/mol. The van der Waals surface area contributed by atoms with Crippen LogP contribution in [0.3, 0.4) is 0 Å². The van der Waals surface area contributed by atoms with Crippen LogP contribution >= 0.6 is 11.6 Å². The van der Waals surface area contributed by atoms with Gasteiger partial charge in [0.15, 0.2) is 6.04 Å². The van der Waals surface area contributed by atoms with Crippen LogP contribution in [0.15, 0.2) is 48.8 Å². The molecule has 2 rings (SSSR count). The molecule has 21 heavy (non-hydrogen) atoms. The average molecular weight is 305 g/mol. The number of carboxylic acid groups (broad SMARTS) is 1. The van der Waals surface area contributed by atoms with Crippen molar-refractivity contribution in [1.82, 2.24) is 10.3 Å². The van der Waals surface area contributed by atoms with E-state index in [1.165, 1.54) is 0 Å². The minimum Gasteiger partial charge on any atom is -0.479 e. The average Bonchev–Trinajstić information content (AvgIpc) is 2.46. The predicted octanol–water partition coefficient (Wildman–Crippen LogP) is 2.22. The Bertz CT molecular complexity index is 646. The van der Waals surface area contributed by atoms with Crippen LogP contribution in [0.4, 0.5) is 0 Å². The molecule has 0 radical (unpaired) electrons. The molecule has 0 spiro atoms. The molecule has 1 atom stereocenters. The number of hydrogen-bond donors (Lipinski definition) is 2. The molecule has 0 bridgehead atoms. The van der Waals surface area contributed by atoms with E-state index < -0.39 is 17.9 Å². The van der Waals surface area contributed by atoms with E-state index in [1.807, 2.05) is 0 Å². The summed E-state index contributed by atoms with van der Waals surface area (Å²) in [6.45, 7) is 0. The summed E-state index contributed by atoms with van der Waals surface area (Å²) in [6, 6.07) is 8.81. The zero-order chi connectivity index (χ0) is 15.2. The van der Waals surface area contributed by atoms with Gasteiger partial charge in [-0.05, 0) is 17.7 Å². The van der Waals surface area contributed by atoms with E-state index in [2.05, 4.69) is 10.3 Å². The predicted molar refractivity (Wildman–Crippen MR) is 77.9 cm³/mol. The number of benzene rings is 1. The molecule has 0 saturated heterocycles. The van der Waals surface area contributed by atoms with E-state index in [0.29, 0.717) is 16.1 Å². The van der Waals surface area contributed by atoms with Crippen LogP contribution in [-0.2, 0) is 16.0 Å². The minimum atomic E-state index is -1.18. The van der Waals surface area contributed by atoms with E-state index in [-0.39, 0.29) is 6.42 Å². The summed E-state index contributed by atoms with van der Waals surface area (Å²) >= 11 is 5.98. The fraction of sp³-hybridized carbons (Fsp3) is 0.133. The number of halogens is 1. The van der Waals surface area contributed by atoms with E-state index >= 15 is 0 Å². The molecule has 2 N–H and O–H groups in total. The zero-order valence-electron chi connectivity index (χ0n) is 11.0. The van der Waals surface area contributed by atoms with Crippen LogP contribution in [0.5, 0.6) is 0 Å². The van der Waals surface area contributed by atoms with Gasteiger partial charge in [0.05, 0.1) is 6.42 Å². The van der Waals surface area contributed by atoms with Crippen molar-refractivity contribution in [2.75, 3.05) is 0 Å². The van der Waals surface area contributed by atoms with E-state index in [0.717, 1.165) is 0 Å². The topological polar surface area (TPSA) is 79.3 Å². The van der Waals surface area contributed by atoms with Gasteiger partial charge in [0.2, 0.25) is 5.91 Å². The standard InChI is InChI=1S/C15H13ClN2O3/c16-12-6-2-1-5-11(12)14(15(20)21)18-13(19)8-10-4-3-7-17-9-10/h1-7,9,14H,8H2,(H,18,19)(H,20,21)/t14-/m1/s1. The lowest BCUT2D eigenvalue weighted by molar-refractivity contribution is -0.141. The van der Waals surface area contributed by atoms with Crippen LogP contribution in [0.25, 0.3) is 0 Å². The maximum Gasteiger partial charge on any atom is 0.330 e. The third kappa shape index (κ3) is 4.03. The number of amides is 1. The number of carbonyl (C=O) groups excluding carboxylic acids is 1. The molecule has 2 aromatic rings. The Morgan fingerprint density at radius 2 is 2.00 bits per heavy atom. The summed E-state index contributed by atoms with van der Waals surface area (Å²) in [7, 11) is 0. The first-order valence-electron chi connectivity index (χ1n) is 6.23. The molecule has 0 fully saturated rings. The molecule has 108 valence electrons. The van der Waals surface area contributed by atoms with Crippen molar-refractivity contribution in [1.29, 1.82) is 0 Å². The number of nitrogens with one attached hydrogen (secondary N) is 1. The summed E-state index contributed by atoms with van der Waals surface area (Å²) in [4.78, 5) is 27.2. The fourth-order valence-electron chi connectivity index (χ4n) is 1.88. The minimum absolute atomic E-state index is 0.0576. The zero-order valence-corrected chi connectivity index (χ0v) is 11.7. The highest BCUT2D eigenvalue weighted by molar-refractivity contribution is 6.31. The van der Waals surface area contributed by atoms with Crippen molar-refractivity contribution in [2.24, 2.45) is 0 Å². The van der Waals surface area contributed by atoms with Crippen molar-refractivity contribution in [3.8, 4) is 0 Å². The molecule has 1 heterocycles. The molecule has 6 heteroatoms. The summed E-state index contributed by atoms with van der Waals surface area (Å²) in [6.07, 6.45) is 3.22. The maximum atomic E-state index is 12.0. The van der Waals surface area contributed by atoms with Gasteiger partial charge in [-0.25, -0.2) is 4.79 Å². The van der Waals surface area contributed by atoms with Gasteiger partial charge < -0.3 is 10.4 Å². The third-order valence-electron chi connectivity index (χ3n) is 2.86. The van der Waals surface area contributed by atoms with Crippen molar-refractivity contribution < 1.29 is 14.7 Å². The number of nitrogens with zero attached hydrogens (tertiary/aromatic N) is 1. The first kappa shape index (κ1) is 15.0. The van der Waals surface area contributed by atoms with Crippen molar-refractivity contribution in [3.05, 3.63) is 64.9 Å². The van der Waals surface area contributed by atoms with E-state index in [9.17, 15) is 14.7 Å². The van der Waals surface area contributed by atoms with Crippen molar-refractivity contribution >= 4 is 23.5 Å². The van der Waals surface area contributed by atoms with Gasteiger partial charge in [-0.1, -0.05) is 35.9 Å². The molecule has 1 aromatic heterocycles. The van der Waals surface area contributed by atoms with Crippen molar-refractivity contribution in [2.45, 2.75) is 12.5 Å². The number of aromatic nitrogens is 1. The number of carbonyl (C=O) groups is 2. The molecule has 0 aliphatic rings. The number of aliphatic carboxylic acids is 1. The lowest BCUT2D eigenvalue weighted by Gasteiger charge is -2.16. The number of hydrogen-bond acceptors (Lipinski definition) is 3. The second-order valence-corrected chi connectivity index (χ2v) is 4.81. The van der Waals surface area contributed by atoms with Gasteiger partial charge in [-0.2, -0.15) is 0 Å². The molecule has 0 aliphatic carbocycles. The molecule has 1 aromatic carbocycles. The van der Waals surface area contributed by atoms with Gasteiger partial charge in [-0.15, -0.1) is 0 Å². The largest absolute Gasteiger partial charge is 0.479 e. The van der Waals surface area contributed by atoms with E-state index in [4.69, 9.17) is 11.6 Å². The lowest BCUT2D eigenvalue weighted by atomic mass is 10.1. The SMILES string of the molecule is O=C(Cc1cccnc1)N[C@@H](C(=O)O)c1ccccc1Cl. The molecule has 5 nitrogen and oxygen atoms in total. The number of pyridine rings is 1. The fourth-order valence-corrected chi connectivity index (χ4v) is 2.13. The maximum absolute atomic E-state index is 12.0. The first-order chi connectivity index (χ1) is 10.1. The van der Waals surface area contributed by atoms with Crippen LogP contribution in [0, 0.1) is 0 Å². The summed E-state index contributed by atoms with van der Waals surface area (Å²) in [5.74, 6) is -1.57. The molecule has 0 unspecified atom stereocenters. The Morgan fingerprint density at radius 3 is 2.62 bits per heavy atom. The summed E-state index contributed by atoms with van der Waals surface area (Å²) in [5.41, 5.74) is 1.06. The highest BCUT2D eigenvalue weighted by Gasteiger charge is 2.24. The third-order valence-corrected chi connectivity index (χ3v) is 3.20. The quantitative estimate of drug-likeness (QED) is 0.887. The van der Waals surface area contributed by atoms with Crippen LogP contribution in [-0.4, -0.2) is 22.0 Å². The first-order valence-corrected chi connectivity index (χ1v) is 6.61. The summed E-state index contributed by atoms with van der Waals surface area (Å²) < 4.78 is 0. The van der Waals surface area contributed by atoms with Gasteiger partial charge >= 0.3 is 5.97 Å². The second-order valence-electron chi connectivity index (χ2n) is 4.40. The van der Waals surface area contributed by atoms with Gasteiger partial charge in [0.25, 0.3) is 0 Å². The highest BCUT2D eigenvalue weighted by Crippen LogP contribution is 2.23. The van der Waals surface area contributed by atoms with Crippen LogP contribution in [0.1, 0.15) is 17.2 Å². The van der Waals surface area contributed by atoms with E-state index in [1.54, 1.807) is 48.8 Å². The Labute approximate surface area is 126 Å². The molecular weight excluding hydrogens is 292 g/mol. The smallest absolute Gasteiger partial charge is 0.330 e. The number of rotatable bonds is 5. The van der Waals surface area contributed by atoms with Crippen LogP contribution in [0.2, 0.25) is 5.02 Å². The Kier molecular flexibility index (Phi) is 4.90.